The van der Waals surface area contributed by atoms with Crippen LogP contribution in [-0.4, -0.2) is 5.91 Å². The zero-order valence-corrected chi connectivity index (χ0v) is 15.3. The van der Waals surface area contributed by atoms with Crippen LogP contribution >= 0.6 is 0 Å². The van der Waals surface area contributed by atoms with Crippen LogP contribution in [0.15, 0.2) is 39.7 Å². The number of anilines is 1. The quantitative estimate of drug-likeness (QED) is 0.853. The van der Waals surface area contributed by atoms with Crippen LogP contribution in [0.3, 0.4) is 0 Å². The van der Waals surface area contributed by atoms with E-state index >= 15 is 0 Å². The smallest absolute Gasteiger partial charge is 0.343 e. The van der Waals surface area contributed by atoms with E-state index in [9.17, 15) is 9.59 Å². The van der Waals surface area contributed by atoms with Gasteiger partial charge >= 0.3 is 5.63 Å². The summed E-state index contributed by atoms with van der Waals surface area (Å²) < 4.78 is 4.91. The Bertz CT molecular complexity index is 825. The Morgan fingerprint density at radius 3 is 2.84 bits per heavy atom. The third kappa shape index (κ3) is 3.94. The Kier molecular flexibility index (Phi) is 4.98. The largest absolute Gasteiger partial charge is 0.431 e. The Balaban J connectivity index is 1.77. The maximum absolute atomic E-state index is 12.7. The molecule has 0 spiro atoms. The highest BCUT2D eigenvalue weighted by Gasteiger charge is 2.36. The maximum atomic E-state index is 12.7. The molecule has 0 aliphatic heterocycles. The van der Waals surface area contributed by atoms with Gasteiger partial charge in [0.25, 0.3) is 0 Å². The standard InChI is InChI=1S/C21H27NO3/c1-4-15-10-14(2)11-21(3,12-15)13-19(23)22-18-7-5-6-17-16(18)8-9-25-20(17)24/h5-9,14-15H,4,10-13H2,1-3H3,(H,22,23). The summed E-state index contributed by atoms with van der Waals surface area (Å²) in [7, 11) is 0. The molecule has 1 aliphatic carbocycles. The molecule has 1 amide bonds. The van der Waals surface area contributed by atoms with Crippen molar-refractivity contribution in [2.24, 2.45) is 17.3 Å². The van der Waals surface area contributed by atoms with Crippen molar-refractivity contribution in [3.63, 3.8) is 0 Å². The number of carbonyl (C=O) groups excluding carboxylic acids is 1. The van der Waals surface area contributed by atoms with Crippen LogP contribution < -0.4 is 10.9 Å². The monoisotopic (exact) mass is 341 g/mol. The first kappa shape index (κ1) is 17.7. The van der Waals surface area contributed by atoms with Crippen molar-refractivity contribution in [2.75, 3.05) is 5.32 Å². The molecule has 1 fully saturated rings. The average molecular weight is 341 g/mol. The van der Waals surface area contributed by atoms with Crippen LogP contribution in [0, 0.1) is 17.3 Å². The molecule has 0 bridgehead atoms. The highest BCUT2D eigenvalue weighted by Crippen LogP contribution is 2.45. The molecule has 1 saturated carbocycles. The number of rotatable bonds is 4. The lowest BCUT2D eigenvalue weighted by molar-refractivity contribution is -0.119. The van der Waals surface area contributed by atoms with Gasteiger partial charge in [0.05, 0.1) is 11.6 Å². The summed E-state index contributed by atoms with van der Waals surface area (Å²) in [5.41, 5.74) is 0.342. The maximum Gasteiger partial charge on any atom is 0.343 e. The van der Waals surface area contributed by atoms with Crippen molar-refractivity contribution in [3.05, 3.63) is 40.9 Å². The first-order chi connectivity index (χ1) is 11.9. The molecule has 4 nitrogen and oxygen atoms in total. The molecule has 0 radical (unpaired) electrons. The molecule has 0 saturated heterocycles. The Morgan fingerprint density at radius 2 is 2.08 bits per heavy atom. The van der Waals surface area contributed by atoms with E-state index in [0.29, 0.717) is 29.3 Å². The second-order valence-electron chi connectivity index (χ2n) is 8.03. The highest BCUT2D eigenvalue weighted by atomic mass is 16.4. The molecule has 1 aliphatic rings. The SMILES string of the molecule is CCC1CC(C)CC(C)(CC(=O)Nc2cccc3c(=O)occc23)C1. The van der Waals surface area contributed by atoms with E-state index in [1.165, 1.54) is 19.1 Å². The molecule has 3 unspecified atom stereocenters. The van der Waals surface area contributed by atoms with E-state index < -0.39 is 0 Å². The summed E-state index contributed by atoms with van der Waals surface area (Å²) >= 11 is 0. The second-order valence-corrected chi connectivity index (χ2v) is 8.03. The molecule has 1 N–H and O–H groups in total. The van der Waals surface area contributed by atoms with Crippen LogP contribution in [0.2, 0.25) is 0 Å². The van der Waals surface area contributed by atoms with Gasteiger partial charge in [0.1, 0.15) is 0 Å². The molecule has 4 heteroatoms. The van der Waals surface area contributed by atoms with E-state index in [-0.39, 0.29) is 16.9 Å². The number of hydrogen-bond acceptors (Lipinski definition) is 3. The molecular formula is C21H27NO3. The first-order valence-electron chi connectivity index (χ1n) is 9.20. The summed E-state index contributed by atoms with van der Waals surface area (Å²) in [5.74, 6) is 1.40. The van der Waals surface area contributed by atoms with E-state index in [1.807, 2.05) is 6.07 Å². The number of benzene rings is 1. The summed E-state index contributed by atoms with van der Waals surface area (Å²) in [5, 5.41) is 4.23. The third-order valence-corrected chi connectivity index (χ3v) is 5.53. The van der Waals surface area contributed by atoms with Gasteiger partial charge in [0.15, 0.2) is 0 Å². The minimum atomic E-state index is -0.382. The lowest BCUT2D eigenvalue weighted by Gasteiger charge is -2.41. The van der Waals surface area contributed by atoms with Crippen LogP contribution in [-0.2, 0) is 4.79 Å². The van der Waals surface area contributed by atoms with Crippen LogP contribution in [0.5, 0.6) is 0 Å². The topological polar surface area (TPSA) is 59.3 Å². The minimum Gasteiger partial charge on any atom is -0.431 e. The third-order valence-electron chi connectivity index (χ3n) is 5.53. The lowest BCUT2D eigenvalue weighted by atomic mass is 9.65. The van der Waals surface area contributed by atoms with Crippen LogP contribution in [0.4, 0.5) is 5.69 Å². The van der Waals surface area contributed by atoms with E-state index in [4.69, 9.17) is 4.42 Å². The van der Waals surface area contributed by atoms with Crippen molar-refractivity contribution >= 4 is 22.4 Å². The molecule has 1 aromatic carbocycles. The molecule has 1 heterocycles. The number of hydrogen-bond donors (Lipinski definition) is 1. The molecule has 2 aromatic rings. The van der Waals surface area contributed by atoms with Crippen molar-refractivity contribution in [1.29, 1.82) is 0 Å². The van der Waals surface area contributed by atoms with Gasteiger partial charge in [-0.2, -0.15) is 0 Å². The molecule has 3 atom stereocenters. The molecule has 134 valence electrons. The van der Waals surface area contributed by atoms with Gasteiger partial charge in [0.2, 0.25) is 5.91 Å². The Morgan fingerprint density at radius 1 is 1.28 bits per heavy atom. The molecular weight excluding hydrogens is 314 g/mol. The van der Waals surface area contributed by atoms with E-state index in [2.05, 4.69) is 26.1 Å². The molecule has 25 heavy (non-hydrogen) atoms. The zero-order valence-electron chi connectivity index (χ0n) is 15.3. The van der Waals surface area contributed by atoms with Gasteiger partial charge < -0.3 is 9.73 Å². The number of carbonyl (C=O) groups is 1. The van der Waals surface area contributed by atoms with E-state index in [1.54, 1.807) is 18.2 Å². The minimum absolute atomic E-state index is 0.0205. The summed E-state index contributed by atoms with van der Waals surface area (Å²) in [4.78, 5) is 24.5. The van der Waals surface area contributed by atoms with Crippen LogP contribution in [0.1, 0.15) is 52.9 Å². The molecule has 3 rings (SSSR count). The van der Waals surface area contributed by atoms with Gasteiger partial charge in [-0.1, -0.05) is 33.3 Å². The predicted molar refractivity (Wildman–Crippen MR) is 101 cm³/mol. The van der Waals surface area contributed by atoms with Crippen molar-refractivity contribution in [3.8, 4) is 0 Å². The molecule has 1 aromatic heterocycles. The Hall–Kier alpha value is -2.10. The second kappa shape index (κ2) is 7.03. The predicted octanol–water partition coefficient (Wildman–Crippen LogP) is 4.97. The highest BCUT2D eigenvalue weighted by molar-refractivity contribution is 6.01. The fraction of sp³-hybridized carbons (Fsp3) is 0.524. The Labute approximate surface area is 148 Å². The van der Waals surface area contributed by atoms with Crippen LogP contribution in [0.25, 0.3) is 10.8 Å². The number of nitrogens with one attached hydrogen (secondary N) is 1. The number of amides is 1. The van der Waals surface area contributed by atoms with Crippen molar-refractivity contribution in [1.82, 2.24) is 0 Å². The summed E-state index contributed by atoms with van der Waals surface area (Å²) in [6, 6.07) is 7.05. The van der Waals surface area contributed by atoms with Gasteiger partial charge in [0, 0.05) is 17.5 Å². The fourth-order valence-electron chi connectivity index (χ4n) is 4.65. The van der Waals surface area contributed by atoms with Gasteiger partial charge in [-0.05, 0) is 54.7 Å². The normalized spacial score (nSPS) is 26.5. The summed E-state index contributed by atoms with van der Waals surface area (Å²) in [6.45, 7) is 6.77. The lowest BCUT2D eigenvalue weighted by Crippen LogP contribution is -2.33. The van der Waals surface area contributed by atoms with E-state index in [0.717, 1.165) is 18.2 Å². The van der Waals surface area contributed by atoms with Gasteiger partial charge in [-0.25, -0.2) is 4.79 Å². The average Bonchev–Trinajstić information content (AvgIpc) is 2.54. The van der Waals surface area contributed by atoms with Crippen molar-refractivity contribution in [2.45, 2.75) is 52.9 Å². The van der Waals surface area contributed by atoms with Gasteiger partial charge in [-0.3, -0.25) is 4.79 Å². The first-order valence-corrected chi connectivity index (χ1v) is 9.20. The number of fused-ring (bicyclic) bond motifs is 1. The van der Waals surface area contributed by atoms with Crippen molar-refractivity contribution < 1.29 is 9.21 Å². The fourth-order valence-corrected chi connectivity index (χ4v) is 4.65. The zero-order chi connectivity index (χ0) is 18.0. The van der Waals surface area contributed by atoms with Gasteiger partial charge in [-0.15, -0.1) is 0 Å². The summed E-state index contributed by atoms with van der Waals surface area (Å²) in [6.07, 6.45) is 6.55.